The molecule has 0 atom stereocenters. The van der Waals surface area contributed by atoms with Crippen molar-refractivity contribution in [2.45, 2.75) is 12.8 Å². The summed E-state index contributed by atoms with van der Waals surface area (Å²) in [6.07, 6.45) is 3.91. The number of nitrogens with one attached hydrogen (secondary N) is 2. The molecule has 8 heteroatoms. The predicted molar refractivity (Wildman–Crippen MR) is 114 cm³/mol. The summed E-state index contributed by atoms with van der Waals surface area (Å²) in [5.74, 6) is 0.417. The first-order valence-electron chi connectivity index (χ1n) is 10.3. The van der Waals surface area contributed by atoms with Gasteiger partial charge in [0.1, 0.15) is 17.8 Å². The van der Waals surface area contributed by atoms with Gasteiger partial charge in [0.25, 0.3) is 5.91 Å². The highest BCUT2D eigenvalue weighted by atomic mass is 16.5. The van der Waals surface area contributed by atoms with E-state index in [1.165, 1.54) is 24.9 Å². The van der Waals surface area contributed by atoms with Crippen molar-refractivity contribution in [3.63, 3.8) is 0 Å². The van der Waals surface area contributed by atoms with Crippen LogP contribution in [0.1, 0.15) is 23.3 Å². The van der Waals surface area contributed by atoms with Crippen LogP contribution in [-0.2, 0) is 4.74 Å². The van der Waals surface area contributed by atoms with Crippen LogP contribution in [0.25, 0.3) is 0 Å². The van der Waals surface area contributed by atoms with Gasteiger partial charge in [-0.1, -0.05) is 0 Å². The van der Waals surface area contributed by atoms with Crippen LogP contribution in [0.5, 0.6) is 0 Å². The Balaban J connectivity index is 1.29. The molecule has 2 aliphatic rings. The van der Waals surface area contributed by atoms with Crippen molar-refractivity contribution in [2.24, 2.45) is 0 Å². The average Bonchev–Trinajstić information content (AvgIpc) is 3.30. The molecule has 0 spiro atoms. The van der Waals surface area contributed by atoms with Gasteiger partial charge in [-0.15, -0.1) is 0 Å². The van der Waals surface area contributed by atoms with E-state index in [-0.39, 0.29) is 5.91 Å². The first kappa shape index (κ1) is 19.6. The molecule has 2 saturated heterocycles. The van der Waals surface area contributed by atoms with Crippen molar-refractivity contribution < 1.29 is 9.53 Å². The number of hydrogen-bond donors (Lipinski definition) is 2. The summed E-state index contributed by atoms with van der Waals surface area (Å²) in [5, 5.41) is 6.18. The topological polar surface area (TPSA) is 82.6 Å². The average molecular weight is 396 g/mol. The van der Waals surface area contributed by atoms with Crippen LogP contribution in [-0.4, -0.2) is 73.3 Å². The van der Waals surface area contributed by atoms with Crippen LogP contribution in [0.2, 0.25) is 0 Å². The summed E-state index contributed by atoms with van der Waals surface area (Å²) < 4.78 is 5.36. The lowest BCUT2D eigenvalue weighted by molar-refractivity contribution is 0.0398. The van der Waals surface area contributed by atoms with E-state index in [2.05, 4.69) is 42.5 Å². The summed E-state index contributed by atoms with van der Waals surface area (Å²) in [5.41, 5.74) is 2.31. The molecule has 0 radical (unpaired) electrons. The van der Waals surface area contributed by atoms with Gasteiger partial charge in [-0.05, 0) is 37.1 Å². The maximum absolute atomic E-state index is 12.6. The fourth-order valence-electron chi connectivity index (χ4n) is 3.67. The fraction of sp³-hybridized carbons (Fsp3) is 0.476. The quantitative estimate of drug-likeness (QED) is 0.741. The zero-order chi connectivity index (χ0) is 19.9. The summed E-state index contributed by atoms with van der Waals surface area (Å²) >= 11 is 0. The van der Waals surface area contributed by atoms with Crippen LogP contribution in [0.3, 0.4) is 0 Å². The van der Waals surface area contributed by atoms with Crippen LogP contribution < -0.4 is 15.5 Å². The highest BCUT2D eigenvalue weighted by molar-refractivity contribution is 6.03. The van der Waals surface area contributed by atoms with Crippen LogP contribution in [0, 0.1) is 0 Å². The van der Waals surface area contributed by atoms with Gasteiger partial charge in [0.15, 0.2) is 0 Å². The number of aromatic nitrogens is 2. The second kappa shape index (κ2) is 9.67. The van der Waals surface area contributed by atoms with E-state index in [0.717, 1.165) is 58.2 Å². The zero-order valence-corrected chi connectivity index (χ0v) is 16.6. The van der Waals surface area contributed by atoms with Gasteiger partial charge in [0.2, 0.25) is 0 Å². The second-order valence-corrected chi connectivity index (χ2v) is 7.36. The van der Waals surface area contributed by atoms with Crippen molar-refractivity contribution in [1.29, 1.82) is 0 Å². The van der Waals surface area contributed by atoms with Crippen LogP contribution in [0.4, 0.5) is 17.2 Å². The normalized spacial score (nSPS) is 17.3. The third-order valence-electron chi connectivity index (χ3n) is 5.33. The molecule has 1 aromatic carbocycles. The number of rotatable bonds is 7. The predicted octanol–water partition coefficient (Wildman–Crippen LogP) is 2.07. The summed E-state index contributed by atoms with van der Waals surface area (Å²) in [4.78, 5) is 25.6. The second-order valence-electron chi connectivity index (χ2n) is 7.36. The SMILES string of the molecule is O=C(Nc1ccc(N2CCCC2)cc1)c1cc(NCCN2CCOCC2)ncn1. The van der Waals surface area contributed by atoms with Gasteiger partial charge in [0.05, 0.1) is 13.2 Å². The molecule has 3 heterocycles. The van der Waals surface area contributed by atoms with Gasteiger partial charge in [-0.25, -0.2) is 9.97 Å². The van der Waals surface area contributed by atoms with E-state index in [1.54, 1.807) is 6.07 Å². The summed E-state index contributed by atoms with van der Waals surface area (Å²) in [6.45, 7) is 7.37. The third kappa shape index (κ3) is 5.42. The molecule has 29 heavy (non-hydrogen) atoms. The Bertz CT molecular complexity index is 801. The first-order chi connectivity index (χ1) is 14.3. The molecule has 4 rings (SSSR count). The maximum atomic E-state index is 12.6. The minimum Gasteiger partial charge on any atom is -0.379 e. The van der Waals surface area contributed by atoms with Crippen molar-refractivity contribution in [3.05, 3.63) is 42.4 Å². The lowest BCUT2D eigenvalue weighted by Gasteiger charge is -2.26. The molecule has 8 nitrogen and oxygen atoms in total. The maximum Gasteiger partial charge on any atom is 0.274 e. The molecular formula is C21H28N6O2. The van der Waals surface area contributed by atoms with Crippen molar-refractivity contribution in [1.82, 2.24) is 14.9 Å². The largest absolute Gasteiger partial charge is 0.379 e. The van der Waals surface area contributed by atoms with E-state index < -0.39 is 0 Å². The highest BCUT2D eigenvalue weighted by Gasteiger charge is 2.14. The summed E-state index contributed by atoms with van der Waals surface area (Å²) in [7, 11) is 0. The summed E-state index contributed by atoms with van der Waals surface area (Å²) in [6, 6.07) is 9.68. The Hall–Kier alpha value is -2.71. The third-order valence-corrected chi connectivity index (χ3v) is 5.33. The molecule has 0 aliphatic carbocycles. The molecule has 2 fully saturated rings. The molecule has 2 aromatic rings. The molecule has 0 bridgehead atoms. The van der Waals surface area contributed by atoms with E-state index in [1.807, 2.05) is 12.1 Å². The lowest BCUT2D eigenvalue weighted by atomic mass is 10.2. The van der Waals surface area contributed by atoms with Crippen molar-refractivity contribution in [2.75, 3.05) is 68.0 Å². The molecule has 154 valence electrons. The molecule has 2 N–H and O–H groups in total. The Morgan fingerprint density at radius 2 is 1.79 bits per heavy atom. The zero-order valence-electron chi connectivity index (χ0n) is 16.6. The number of ether oxygens (including phenoxy) is 1. The van der Waals surface area contributed by atoms with E-state index in [0.29, 0.717) is 11.5 Å². The Labute approximate surface area is 171 Å². The smallest absolute Gasteiger partial charge is 0.274 e. The molecule has 2 aliphatic heterocycles. The molecule has 0 saturated carbocycles. The van der Waals surface area contributed by atoms with E-state index in [4.69, 9.17) is 4.74 Å². The van der Waals surface area contributed by atoms with Crippen LogP contribution in [0.15, 0.2) is 36.7 Å². The number of nitrogens with zero attached hydrogens (tertiary/aromatic N) is 4. The van der Waals surface area contributed by atoms with Gasteiger partial charge in [0, 0.05) is 56.7 Å². The fourth-order valence-corrected chi connectivity index (χ4v) is 3.67. The Morgan fingerprint density at radius 3 is 2.55 bits per heavy atom. The number of benzene rings is 1. The minimum absolute atomic E-state index is 0.238. The molecule has 1 amide bonds. The van der Waals surface area contributed by atoms with Gasteiger partial charge >= 0.3 is 0 Å². The number of amides is 1. The minimum atomic E-state index is -0.238. The number of morpholine rings is 1. The first-order valence-corrected chi connectivity index (χ1v) is 10.3. The number of anilines is 3. The molecular weight excluding hydrogens is 368 g/mol. The Morgan fingerprint density at radius 1 is 1.03 bits per heavy atom. The van der Waals surface area contributed by atoms with Gasteiger partial charge < -0.3 is 20.3 Å². The Kier molecular flexibility index (Phi) is 6.53. The van der Waals surface area contributed by atoms with Crippen LogP contribution >= 0.6 is 0 Å². The van der Waals surface area contributed by atoms with E-state index >= 15 is 0 Å². The molecule has 0 unspecified atom stereocenters. The van der Waals surface area contributed by atoms with Gasteiger partial charge in [-0.2, -0.15) is 0 Å². The standard InChI is InChI=1S/C21H28N6O2/c28-21(25-17-3-5-18(6-4-17)27-8-1-2-9-27)19-15-20(24-16-23-19)22-7-10-26-11-13-29-14-12-26/h3-6,15-16H,1-2,7-14H2,(H,25,28)(H,22,23,24). The number of carbonyl (C=O) groups is 1. The lowest BCUT2D eigenvalue weighted by Crippen LogP contribution is -2.39. The number of carbonyl (C=O) groups excluding carboxylic acids is 1. The highest BCUT2D eigenvalue weighted by Crippen LogP contribution is 2.22. The monoisotopic (exact) mass is 396 g/mol. The molecule has 1 aromatic heterocycles. The number of hydrogen-bond acceptors (Lipinski definition) is 7. The van der Waals surface area contributed by atoms with Crippen molar-refractivity contribution >= 4 is 23.1 Å². The van der Waals surface area contributed by atoms with Crippen molar-refractivity contribution in [3.8, 4) is 0 Å². The van der Waals surface area contributed by atoms with Gasteiger partial charge in [-0.3, -0.25) is 9.69 Å². The van der Waals surface area contributed by atoms with E-state index in [9.17, 15) is 4.79 Å².